The van der Waals surface area contributed by atoms with Crippen LogP contribution >= 0.6 is 0 Å². The van der Waals surface area contributed by atoms with Crippen LogP contribution in [-0.2, 0) is 16.0 Å². The summed E-state index contributed by atoms with van der Waals surface area (Å²) in [5.74, 6) is -1.34. The van der Waals surface area contributed by atoms with Crippen LogP contribution in [0.3, 0.4) is 0 Å². The van der Waals surface area contributed by atoms with Crippen LogP contribution < -0.4 is 5.32 Å². The van der Waals surface area contributed by atoms with E-state index in [0.717, 1.165) is 11.1 Å². The number of benzene rings is 2. The normalized spacial score (nSPS) is 21.0. The van der Waals surface area contributed by atoms with E-state index in [0.29, 0.717) is 18.4 Å². The number of carbonyl (C=O) groups excluding carboxylic acids is 3. The molecule has 5 nitrogen and oxygen atoms in total. The second-order valence-corrected chi connectivity index (χ2v) is 7.35. The molecule has 2 aliphatic rings. The minimum Gasteiger partial charge on any atom is -0.509 e. The van der Waals surface area contributed by atoms with Crippen molar-refractivity contribution in [3.05, 3.63) is 82.6 Å². The maximum Gasteiger partial charge on any atom is 0.259 e. The van der Waals surface area contributed by atoms with E-state index in [1.807, 2.05) is 42.5 Å². The molecule has 5 heteroatoms. The SMILES string of the molecule is O=C(CC1CC(=O)c2ccccc21)C1=C(O)C(CCc2ccccc2)NC1=O. The average molecular weight is 375 g/mol. The summed E-state index contributed by atoms with van der Waals surface area (Å²) in [5, 5.41) is 13.2. The first kappa shape index (κ1) is 18.2. The molecule has 2 unspecified atom stereocenters. The topological polar surface area (TPSA) is 83.5 Å². The number of rotatable bonds is 6. The number of hydrogen-bond acceptors (Lipinski definition) is 4. The van der Waals surface area contributed by atoms with E-state index >= 15 is 0 Å². The number of amides is 1. The van der Waals surface area contributed by atoms with E-state index in [1.54, 1.807) is 12.1 Å². The molecule has 1 amide bonds. The molecule has 0 spiro atoms. The van der Waals surface area contributed by atoms with E-state index in [1.165, 1.54) is 0 Å². The summed E-state index contributed by atoms with van der Waals surface area (Å²) in [6, 6.07) is 16.5. The van der Waals surface area contributed by atoms with E-state index in [-0.39, 0.29) is 35.9 Å². The smallest absolute Gasteiger partial charge is 0.259 e. The van der Waals surface area contributed by atoms with Crippen molar-refractivity contribution in [2.24, 2.45) is 0 Å². The lowest BCUT2D eigenvalue weighted by atomic mass is 9.92. The Morgan fingerprint density at radius 1 is 1.04 bits per heavy atom. The van der Waals surface area contributed by atoms with Crippen LogP contribution in [0.5, 0.6) is 0 Å². The number of fused-ring (bicyclic) bond motifs is 1. The first-order chi connectivity index (χ1) is 13.5. The molecule has 0 saturated carbocycles. The van der Waals surface area contributed by atoms with Gasteiger partial charge in [-0.05, 0) is 29.9 Å². The van der Waals surface area contributed by atoms with Crippen molar-refractivity contribution < 1.29 is 19.5 Å². The van der Waals surface area contributed by atoms with E-state index < -0.39 is 17.7 Å². The molecule has 2 atom stereocenters. The average Bonchev–Trinajstić information content (AvgIpc) is 3.17. The van der Waals surface area contributed by atoms with Crippen molar-refractivity contribution in [2.75, 3.05) is 0 Å². The lowest BCUT2D eigenvalue weighted by molar-refractivity contribution is -0.122. The van der Waals surface area contributed by atoms with Crippen molar-refractivity contribution in [3.8, 4) is 0 Å². The highest BCUT2D eigenvalue weighted by Crippen LogP contribution is 2.36. The first-order valence-corrected chi connectivity index (χ1v) is 9.48. The summed E-state index contributed by atoms with van der Waals surface area (Å²) in [5.41, 5.74) is 2.44. The third kappa shape index (κ3) is 3.36. The van der Waals surface area contributed by atoms with E-state index in [2.05, 4.69) is 5.32 Å². The van der Waals surface area contributed by atoms with Gasteiger partial charge in [0.25, 0.3) is 5.91 Å². The Morgan fingerprint density at radius 2 is 1.75 bits per heavy atom. The molecule has 1 heterocycles. The summed E-state index contributed by atoms with van der Waals surface area (Å²) in [4.78, 5) is 37.2. The number of aliphatic hydroxyl groups is 1. The molecule has 2 aromatic rings. The molecule has 0 radical (unpaired) electrons. The molecular weight excluding hydrogens is 354 g/mol. The molecule has 0 saturated heterocycles. The van der Waals surface area contributed by atoms with Crippen LogP contribution in [0.1, 0.15) is 46.7 Å². The van der Waals surface area contributed by atoms with Gasteiger partial charge in [-0.15, -0.1) is 0 Å². The number of hydrogen-bond donors (Lipinski definition) is 2. The number of Topliss-reactive ketones (excluding diaryl/α,β-unsaturated/α-hetero) is 2. The van der Waals surface area contributed by atoms with Crippen LogP contribution in [0.15, 0.2) is 65.9 Å². The number of aryl methyl sites for hydroxylation is 1. The lowest BCUT2D eigenvalue weighted by Crippen LogP contribution is -2.30. The second kappa shape index (κ2) is 7.43. The maximum absolute atomic E-state index is 12.8. The van der Waals surface area contributed by atoms with Crippen LogP contribution in [0.25, 0.3) is 0 Å². The highest BCUT2D eigenvalue weighted by atomic mass is 16.3. The third-order valence-corrected chi connectivity index (χ3v) is 5.53. The Kier molecular flexibility index (Phi) is 4.82. The first-order valence-electron chi connectivity index (χ1n) is 9.48. The number of nitrogens with one attached hydrogen (secondary N) is 1. The van der Waals surface area contributed by atoms with Gasteiger partial charge in [0.2, 0.25) is 0 Å². The lowest BCUT2D eigenvalue weighted by Gasteiger charge is -2.11. The minimum atomic E-state index is -0.552. The van der Waals surface area contributed by atoms with Gasteiger partial charge in [-0.1, -0.05) is 54.6 Å². The zero-order chi connectivity index (χ0) is 19.7. The summed E-state index contributed by atoms with van der Waals surface area (Å²) < 4.78 is 0. The van der Waals surface area contributed by atoms with Gasteiger partial charge in [0.15, 0.2) is 11.6 Å². The predicted octanol–water partition coefficient (Wildman–Crippen LogP) is 3.26. The molecule has 0 fully saturated rings. The summed E-state index contributed by atoms with van der Waals surface area (Å²) in [6.07, 6.45) is 1.50. The molecule has 1 aliphatic heterocycles. The molecule has 28 heavy (non-hydrogen) atoms. The molecule has 1 aliphatic carbocycles. The monoisotopic (exact) mass is 375 g/mol. The Balaban J connectivity index is 1.47. The zero-order valence-electron chi connectivity index (χ0n) is 15.4. The third-order valence-electron chi connectivity index (χ3n) is 5.53. The van der Waals surface area contributed by atoms with Crippen molar-refractivity contribution in [3.63, 3.8) is 0 Å². The highest BCUT2D eigenvalue weighted by molar-refractivity contribution is 6.21. The van der Waals surface area contributed by atoms with Gasteiger partial charge in [-0.2, -0.15) is 0 Å². The number of aliphatic hydroxyl groups excluding tert-OH is 1. The van der Waals surface area contributed by atoms with Crippen molar-refractivity contribution in [1.82, 2.24) is 5.32 Å². The quantitative estimate of drug-likeness (QED) is 0.759. The fourth-order valence-electron chi connectivity index (χ4n) is 4.08. The zero-order valence-corrected chi connectivity index (χ0v) is 15.4. The second-order valence-electron chi connectivity index (χ2n) is 7.35. The van der Waals surface area contributed by atoms with Crippen LogP contribution in [0.2, 0.25) is 0 Å². The van der Waals surface area contributed by atoms with Crippen molar-refractivity contribution in [2.45, 2.75) is 37.6 Å². The molecule has 2 aromatic carbocycles. The Bertz CT molecular complexity index is 977. The van der Waals surface area contributed by atoms with Crippen molar-refractivity contribution in [1.29, 1.82) is 0 Å². The maximum atomic E-state index is 12.8. The summed E-state index contributed by atoms with van der Waals surface area (Å²) in [6.45, 7) is 0. The van der Waals surface area contributed by atoms with Gasteiger partial charge in [0, 0.05) is 18.4 Å². The van der Waals surface area contributed by atoms with Gasteiger partial charge in [-0.3, -0.25) is 14.4 Å². The fraction of sp³-hybridized carbons (Fsp3) is 0.261. The molecule has 0 aromatic heterocycles. The molecule has 0 bridgehead atoms. The minimum absolute atomic E-state index is 0.0169. The summed E-state index contributed by atoms with van der Waals surface area (Å²) in [7, 11) is 0. The largest absolute Gasteiger partial charge is 0.509 e. The molecule has 2 N–H and O–H groups in total. The molecule has 142 valence electrons. The van der Waals surface area contributed by atoms with Gasteiger partial charge >= 0.3 is 0 Å². The summed E-state index contributed by atoms with van der Waals surface area (Å²) >= 11 is 0. The number of ketones is 2. The van der Waals surface area contributed by atoms with Crippen molar-refractivity contribution >= 4 is 17.5 Å². The van der Waals surface area contributed by atoms with Gasteiger partial charge in [0.05, 0.1) is 6.04 Å². The van der Waals surface area contributed by atoms with Crippen LogP contribution in [0, 0.1) is 0 Å². The van der Waals surface area contributed by atoms with Gasteiger partial charge < -0.3 is 10.4 Å². The molecule has 4 rings (SSSR count). The predicted molar refractivity (Wildman–Crippen MR) is 104 cm³/mol. The Hall–Kier alpha value is -3.21. The van der Waals surface area contributed by atoms with E-state index in [9.17, 15) is 19.5 Å². The number of carbonyl (C=O) groups is 3. The van der Waals surface area contributed by atoms with Crippen LogP contribution in [-0.4, -0.2) is 28.6 Å². The standard InChI is InChI=1S/C23H21NO4/c25-19-12-15(16-8-4-5-9-17(16)19)13-20(26)21-22(27)18(24-23(21)28)11-10-14-6-2-1-3-7-14/h1-9,15,18,27H,10-13H2,(H,24,28). The van der Waals surface area contributed by atoms with Crippen LogP contribution in [0.4, 0.5) is 0 Å². The van der Waals surface area contributed by atoms with Gasteiger partial charge in [-0.25, -0.2) is 0 Å². The fourth-order valence-corrected chi connectivity index (χ4v) is 4.08. The van der Waals surface area contributed by atoms with Gasteiger partial charge in [0.1, 0.15) is 11.3 Å². The molecular formula is C23H21NO4. The Morgan fingerprint density at radius 3 is 2.54 bits per heavy atom. The van der Waals surface area contributed by atoms with E-state index in [4.69, 9.17) is 0 Å². The highest BCUT2D eigenvalue weighted by Gasteiger charge is 2.38. The Labute approximate surface area is 163 Å².